The molecule has 0 bridgehead atoms. The van der Waals surface area contributed by atoms with Crippen molar-refractivity contribution in [1.29, 1.82) is 0 Å². The average Bonchev–Trinajstić information content (AvgIpc) is 2.77. The van der Waals surface area contributed by atoms with E-state index in [2.05, 4.69) is 15.7 Å². The van der Waals surface area contributed by atoms with E-state index in [1.54, 1.807) is 6.21 Å². The van der Waals surface area contributed by atoms with Gasteiger partial charge in [-0.1, -0.05) is 60.7 Å². The number of ether oxygens (including phenoxy) is 1. The second kappa shape index (κ2) is 11.3. The molecule has 29 heavy (non-hydrogen) atoms. The van der Waals surface area contributed by atoms with Gasteiger partial charge in [-0.3, -0.25) is 4.79 Å². The SMILES string of the molecule is NN=CC1CNCCC1CC(NCc1ccccc1)C(=O)OCc1ccccc1. The molecule has 0 saturated carbocycles. The molecule has 1 aliphatic rings. The van der Waals surface area contributed by atoms with Gasteiger partial charge in [0.15, 0.2) is 0 Å². The van der Waals surface area contributed by atoms with Crippen LogP contribution in [0.3, 0.4) is 0 Å². The van der Waals surface area contributed by atoms with Crippen LogP contribution in [0.15, 0.2) is 65.8 Å². The van der Waals surface area contributed by atoms with Crippen LogP contribution < -0.4 is 16.5 Å². The minimum atomic E-state index is -0.379. The van der Waals surface area contributed by atoms with Crippen molar-refractivity contribution in [3.8, 4) is 0 Å². The summed E-state index contributed by atoms with van der Waals surface area (Å²) in [6.45, 7) is 2.66. The summed E-state index contributed by atoms with van der Waals surface area (Å²) < 4.78 is 5.64. The Labute approximate surface area is 172 Å². The number of rotatable bonds is 9. The molecule has 1 saturated heterocycles. The van der Waals surface area contributed by atoms with Gasteiger partial charge in [-0.15, -0.1) is 0 Å². The molecule has 0 aliphatic carbocycles. The maximum atomic E-state index is 12.9. The van der Waals surface area contributed by atoms with Crippen LogP contribution in [0, 0.1) is 11.8 Å². The summed E-state index contributed by atoms with van der Waals surface area (Å²) in [4.78, 5) is 12.9. The Balaban J connectivity index is 1.65. The maximum Gasteiger partial charge on any atom is 0.323 e. The van der Waals surface area contributed by atoms with Crippen molar-refractivity contribution in [2.75, 3.05) is 13.1 Å². The minimum absolute atomic E-state index is 0.216. The Morgan fingerprint density at radius 3 is 2.55 bits per heavy atom. The number of benzene rings is 2. The Kier molecular flexibility index (Phi) is 8.22. The van der Waals surface area contributed by atoms with E-state index in [1.165, 1.54) is 0 Å². The van der Waals surface area contributed by atoms with E-state index in [0.717, 1.165) is 30.6 Å². The van der Waals surface area contributed by atoms with Crippen LogP contribution in [-0.2, 0) is 22.7 Å². The summed E-state index contributed by atoms with van der Waals surface area (Å²) in [5.41, 5.74) is 2.12. The molecular formula is C23H30N4O2. The largest absolute Gasteiger partial charge is 0.460 e. The highest BCUT2D eigenvalue weighted by Crippen LogP contribution is 2.24. The Morgan fingerprint density at radius 2 is 1.86 bits per heavy atom. The van der Waals surface area contributed by atoms with Crippen LogP contribution in [0.1, 0.15) is 24.0 Å². The van der Waals surface area contributed by atoms with Gasteiger partial charge in [-0.25, -0.2) is 0 Å². The standard InChI is InChI=1S/C23H30N4O2/c24-27-16-21-15-25-12-11-20(21)13-22(26-14-18-7-3-1-4-8-18)23(28)29-17-19-9-5-2-6-10-19/h1-10,16,20-22,25-26H,11-15,17,24H2. The first kappa shape index (κ1) is 21.0. The Bertz CT molecular complexity index is 767. The molecule has 154 valence electrons. The van der Waals surface area contributed by atoms with Crippen molar-refractivity contribution in [3.63, 3.8) is 0 Å². The number of nitrogens with one attached hydrogen (secondary N) is 2. The summed E-state index contributed by atoms with van der Waals surface area (Å²) in [7, 11) is 0. The summed E-state index contributed by atoms with van der Waals surface area (Å²) in [5, 5.41) is 10.5. The number of hydrogen-bond donors (Lipinski definition) is 3. The third-order valence-electron chi connectivity index (χ3n) is 5.40. The highest BCUT2D eigenvalue weighted by molar-refractivity contribution is 5.76. The average molecular weight is 395 g/mol. The molecule has 6 nitrogen and oxygen atoms in total. The van der Waals surface area contributed by atoms with Crippen molar-refractivity contribution >= 4 is 12.2 Å². The lowest BCUT2D eigenvalue weighted by atomic mass is 9.82. The number of piperidine rings is 1. The normalized spacial score (nSPS) is 20.4. The van der Waals surface area contributed by atoms with Crippen LogP contribution in [0.2, 0.25) is 0 Å². The Morgan fingerprint density at radius 1 is 1.17 bits per heavy atom. The highest BCUT2D eigenvalue weighted by atomic mass is 16.5. The summed E-state index contributed by atoms with van der Waals surface area (Å²) in [6.07, 6.45) is 3.46. The molecule has 6 heteroatoms. The summed E-state index contributed by atoms with van der Waals surface area (Å²) in [5.74, 6) is 5.72. The van der Waals surface area contributed by atoms with Gasteiger partial charge in [-0.2, -0.15) is 5.10 Å². The van der Waals surface area contributed by atoms with E-state index in [4.69, 9.17) is 10.6 Å². The Hall–Kier alpha value is -2.70. The lowest BCUT2D eigenvalue weighted by Gasteiger charge is -2.32. The third-order valence-corrected chi connectivity index (χ3v) is 5.40. The molecule has 2 aromatic carbocycles. The zero-order chi connectivity index (χ0) is 20.3. The van der Waals surface area contributed by atoms with Gasteiger partial charge in [-0.05, 0) is 36.4 Å². The molecule has 1 heterocycles. The van der Waals surface area contributed by atoms with Crippen LogP contribution in [-0.4, -0.2) is 31.3 Å². The number of carbonyl (C=O) groups is 1. The maximum absolute atomic E-state index is 12.9. The van der Waals surface area contributed by atoms with E-state index < -0.39 is 0 Å². The first-order valence-electron chi connectivity index (χ1n) is 10.2. The van der Waals surface area contributed by atoms with Gasteiger partial charge in [0, 0.05) is 25.2 Å². The zero-order valence-corrected chi connectivity index (χ0v) is 16.7. The van der Waals surface area contributed by atoms with Gasteiger partial charge in [0.1, 0.15) is 12.6 Å². The number of nitrogens with two attached hydrogens (primary N) is 1. The monoisotopic (exact) mass is 394 g/mol. The summed E-state index contributed by atoms with van der Waals surface area (Å²) in [6, 6.07) is 19.5. The molecule has 0 aromatic heterocycles. The predicted molar refractivity (Wildman–Crippen MR) is 115 cm³/mol. The van der Waals surface area contributed by atoms with Crippen molar-refractivity contribution in [2.24, 2.45) is 22.8 Å². The number of hydrazone groups is 1. The molecule has 1 aliphatic heterocycles. The molecule has 0 radical (unpaired) electrons. The van der Waals surface area contributed by atoms with Crippen LogP contribution in [0.4, 0.5) is 0 Å². The molecule has 3 atom stereocenters. The molecule has 0 amide bonds. The fourth-order valence-corrected chi connectivity index (χ4v) is 3.75. The molecule has 4 N–H and O–H groups in total. The lowest BCUT2D eigenvalue weighted by molar-refractivity contribution is -0.148. The topological polar surface area (TPSA) is 88.7 Å². The second-order valence-electron chi connectivity index (χ2n) is 7.46. The fraction of sp³-hybridized carbons (Fsp3) is 0.391. The first-order valence-corrected chi connectivity index (χ1v) is 10.2. The first-order chi connectivity index (χ1) is 14.3. The van der Waals surface area contributed by atoms with E-state index in [9.17, 15) is 4.79 Å². The van der Waals surface area contributed by atoms with Crippen LogP contribution in [0.5, 0.6) is 0 Å². The van der Waals surface area contributed by atoms with Crippen LogP contribution >= 0.6 is 0 Å². The predicted octanol–water partition coefficient (Wildman–Crippen LogP) is 2.45. The number of hydrogen-bond acceptors (Lipinski definition) is 6. The van der Waals surface area contributed by atoms with E-state index in [1.807, 2.05) is 60.7 Å². The van der Waals surface area contributed by atoms with E-state index >= 15 is 0 Å². The minimum Gasteiger partial charge on any atom is -0.460 e. The van der Waals surface area contributed by atoms with E-state index in [-0.39, 0.29) is 24.5 Å². The second-order valence-corrected chi connectivity index (χ2v) is 7.46. The van der Waals surface area contributed by atoms with Gasteiger partial charge in [0.25, 0.3) is 0 Å². The van der Waals surface area contributed by atoms with Crippen molar-refractivity contribution in [1.82, 2.24) is 10.6 Å². The number of carbonyl (C=O) groups excluding carboxylic acids is 1. The third kappa shape index (κ3) is 6.69. The molecule has 0 spiro atoms. The smallest absolute Gasteiger partial charge is 0.323 e. The quantitative estimate of drug-likeness (QED) is 0.263. The van der Waals surface area contributed by atoms with Crippen molar-refractivity contribution in [3.05, 3.63) is 71.8 Å². The molecule has 1 fully saturated rings. The summed E-state index contributed by atoms with van der Waals surface area (Å²) >= 11 is 0. The van der Waals surface area contributed by atoms with Gasteiger partial charge >= 0.3 is 5.97 Å². The van der Waals surface area contributed by atoms with Crippen molar-refractivity contribution in [2.45, 2.75) is 32.0 Å². The lowest BCUT2D eigenvalue weighted by Crippen LogP contribution is -2.44. The van der Waals surface area contributed by atoms with Crippen molar-refractivity contribution < 1.29 is 9.53 Å². The van der Waals surface area contributed by atoms with Crippen LogP contribution in [0.25, 0.3) is 0 Å². The van der Waals surface area contributed by atoms with Gasteiger partial charge in [0.2, 0.25) is 0 Å². The van der Waals surface area contributed by atoms with E-state index in [0.29, 0.717) is 18.9 Å². The molecule has 3 rings (SSSR count). The zero-order valence-electron chi connectivity index (χ0n) is 16.7. The molecule has 3 unspecified atom stereocenters. The molecule has 2 aromatic rings. The fourth-order valence-electron chi connectivity index (χ4n) is 3.75. The van der Waals surface area contributed by atoms with Gasteiger partial charge in [0.05, 0.1) is 0 Å². The number of esters is 1. The number of nitrogens with zero attached hydrogens (tertiary/aromatic N) is 1. The molecular weight excluding hydrogens is 364 g/mol. The highest BCUT2D eigenvalue weighted by Gasteiger charge is 2.30. The van der Waals surface area contributed by atoms with Gasteiger partial charge < -0.3 is 21.2 Å².